The number of rotatable bonds is 3. The lowest BCUT2D eigenvalue weighted by atomic mass is 10.1. The van der Waals surface area contributed by atoms with Crippen molar-refractivity contribution >= 4 is 29.0 Å². The topological polar surface area (TPSA) is 70.4 Å². The molecule has 2 aromatic carbocycles. The molecular formula is C17H18N4OS. The average molecular weight is 326 g/mol. The minimum Gasteiger partial charge on any atom is -0.398 e. The van der Waals surface area contributed by atoms with Crippen molar-refractivity contribution in [1.29, 1.82) is 0 Å². The van der Waals surface area contributed by atoms with E-state index in [4.69, 9.17) is 5.73 Å². The maximum atomic E-state index is 12.8. The number of nitrogens with zero attached hydrogens (tertiary/aromatic N) is 1. The number of carbonyl (C=O) groups excluding carboxylic acids is 1. The normalized spacial score (nSPS) is 22.4. The first-order valence-corrected chi connectivity index (χ1v) is 8.61. The van der Waals surface area contributed by atoms with Gasteiger partial charge in [0.15, 0.2) is 6.29 Å². The van der Waals surface area contributed by atoms with Gasteiger partial charge in [0.25, 0.3) is 5.91 Å². The van der Waals surface area contributed by atoms with E-state index in [9.17, 15) is 4.79 Å². The second-order valence-electron chi connectivity index (χ2n) is 5.72. The van der Waals surface area contributed by atoms with Crippen LogP contribution in [0.2, 0.25) is 0 Å². The summed E-state index contributed by atoms with van der Waals surface area (Å²) >= 11 is 1.70. The summed E-state index contributed by atoms with van der Waals surface area (Å²) < 4.78 is 0. The quantitative estimate of drug-likeness (QED) is 0.596. The Bertz CT molecular complexity index is 751. The summed E-state index contributed by atoms with van der Waals surface area (Å²) in [6.07, 6.45) is -0.129. The van der Waals surface area contributed by atoms with Gasteiger partial charge in [-0.1, -0.05) is 24.3 Å². The Labute approximate surface area is 139 Å². The fourth-order valence-electron chi connectivity index (χ4n) is 3.08. The number of nitrogens with two attached hydrogens (primary N) is 1. The largest absolute Gasteiger partial charge is 0.398 e. The first kappa shape index (κ1) is 14.4. The number of nitrogen functional groups attached to an aromatic ring is 1. The molecule has 2 aromatic rings. The molecule has 0 spiro atoms. The van der Waals surface area contributed by atoms with Crippen LogP contribution < -0.4 is 16.4 Å². The predicted octanol–water partition coefficient (Wildman–Crippen LogP) is 2.18. The van der Waals surface area contributed by atoms with Gasteiger partial charge in [0.1, 0.15) is 0 Å². The van der Waals surface area contributed by atoms with E-state index >= 15 is 0 Å². The van der Waals surface area contributed by atoms with Crippen molar-refractivity contribution in [2.24, 2.45) is 0 Å². The molecule has 118 valence electrons. The van der Waals surface area contributed by atoms with E-state index in [1.807, 2.05) is 53.4 Å². The van der Waals surface area contributed by atoms with Crippen molar-refractivity contribution in [3.8, 4) is 0 Å². The summed E-state index contributed by atoms with van der Waals surface area (Å²) in [7, 11) is 0. The third-order valence-electron chi connectivity index (χ3n) is 4.25. The Balaban J connectivity index is 1.52. The molecule has 0 radical (unpaired) electrons. The van der Waals surface area contributed by atoms with Crippen LogP contribution in [-0.2, 0) is 0 Å². The van der Waals surface area contributed by atoms with Gasteiger partial charge >= 0.3 is 0 Å². The van der Waals surface area contributed by atoms with Crippen molar-refractivity contribution in [3.63, 3.8) is 0 Å². The van der Waals surface area contributed by atoms with Gasteiger partial charge in [-0.05, 0) is 24.3 Å². The smallest absolute Gasteiger partial charge is 0.258 e. The van der Waals surface area contributed by atoms with E-state index in [0.29, 0.717) is 0 Å². The molecule has 6 heteroatoms. The third-order valence-corrected chi connectivity index (χ3v) is 5.49. The Morgan fingerprint density at radius 1 is 1.17 bits per heavy atom. The minimum atomic E-state index is -0.129. The highest BCUT2D eigenvalue weighted by molar-refractivity contribution is 7.99. The summed E-state index contributed by atoms with van der Waals surface area (Å²) in [5.41, 5.74) is 8.42. The number of thioether (sulfide) groups is 1. The van der Waals surface area contributed by atoms with Gasteiger partial charge < -0.3 is 16.0 Å². The molecule has 0 aliphatic carbocycles. The Hall–Kier alpha value is -2.18. The van der Waals surface area contributed by atoms with Gasteiger partial charge in [-0.15, -0.1) is 11.8 Å². The van der Waals surface area contributed by atoms with Crippen molar-refractivity contribution in [2.45, 2.75) is 17.2 Å². The Kier molecular flexibility index (Phi) is 3.63. The minimum absolute atomic E-state index is 0.0842. The lowest BCUT2D eigenvalue weighted by Gasteiger charge is -2.35. The van der Waals surface area contributed by atoms with Crippen LogP contribution in [0, 0.1) is 0 Å². The summed E-state index contributed by atoms with van der Waals surface area (Å²) in [6, 6.07) is 15.6. The van der Waals surface area contributed by atoms with E-state index in [1.165, 1.54) is 0 Å². The maximum Gasteiger partial charge on any atom is 0.258 e. The van der Waals surface area contributed by atoms with Crippen LogP contribution in [-0.4, -0.2) is 35.4 Å². The van der Waals surface area contributed by atoms with E-state index in [2.05, 4.69) is 10.6 Å². The highest BCUT2D eigenvalue weighted by Crippen LogP contribution is 2.31. The van der Waals surface area contributed by atoms with E-state index in [-0.39, 0.29) is 18.2 Å². The van der Waals surface area contributed by atoms with Gasteiger partial charge in [0.05, 0.1) is 11.6 Å². The van der Waals surface area contributed by atoms with E-state index < -0.39 is 0 Å². The fraction of sp³-hybridized carbons (Fsp3) is 0.235. The fourth-order valence-corrected chi connectivity index (χ4v) is 4.14. The number of carbonyl (C=O) groups is 1. The van der Waals surface area contributed by atoms with Crippen LogP contribution in [0.1, 0.15) is 10.4 Å². The molecule has 23 heavy (non-hydrogen) atoms. The Morgan fingerprint density at radius 3 is 2.83 bits per heavy atom. The number of fused-ring (bicyclic) bond motifs is 2. The van der Waals surface area contributed by atoms with Crippen LogP contribution in [0.5, 0.6) is 0 Å². The predicted molar refractivity (Wildman–Crippen MR) is 93.4 cm³/mol. The molecule has 0 saturated carbocycles. The molecular weight excluding hydrogens is 308 g/mol. The molecule has 1 fully saturated rings. The number of amides is 1. The average Bonchev–Trinajstić information content (AvgIpc) is 2.98. The van der Waals surface area contributed by atoms with Gasteiger partial charge in [-0.3, -0.25) is 10.1 Å². The Morgan fingerprint density at radius 2 is 1.96 bits per heavy atom. The monoisotopic (exact) mass is 326 g/mol. The molecule has 2 aliphatic rings. The molecule has 1 saturated heterocycles. The van der Waals surface area contributed by atoms with Crippen molar-refractivity contribution in [3.05, 3.63) is 54.1 Å². The molecule has 2 aliphatic heterocycles. The molecule has 5 nitrogen and oxygen atoms in total. The summed E-state index contributed by atoms with van der Waals surface area (Å²) in [4.78, 5) is 15.8. The summed E-state index contributed by atoms with van der Waals surface area (Å²) in [5.74, 6) is 0.897. The highest BCUT2D eigenvalue weighted by Gasteiger charge is 2.40. The highest BCUT2D eigenvalue weighted by atomic mass is 32.2. The molecule has 0 unspecified atom stereocenters. The second kappa shape index (κ2) is 5.79. The van der Waals surface area contributed by atoms with E-state index in [0.717, 1.165) is 34.1 Å². The maximum absolute atomic E-state index is 12.8. The first-order chi connectivity index (χ1) is 11.2. The van der Waals surface area contributed by atoms with Crippen LogP contribution in [0.4, 0.5) is 11.4 Å². The molecule has 1 amide bonds. The zero-order valence-electron chi connectivity index (χ0n) is 12.5. The van der Waals surface area contributed by atoms with Gasteiger partial charge in [0, 0.05) is 28.6 Å². The van der Waals surface area contributed by atoms with Crippen LogP contribution in [0.25, 0.3) is 0 Å². The van der Waals surface area contributed by atoms with Gasteiger partial charge in [0.2, 0.25) is 0 Å². The van der Waals surface area contributed by atoms with Gasteiger partial charge in [-0.2, -0.15) is 0 Å². The molecule has 4 N–H and O–H groups in total. The van der Waals surface area contributed by atoms with Crippen molar-refractivity contribution in [1.82, 2.24) is 10.2 Å². The zero-order valence-corrected chi connectivity index (χ0v) is 13.3. The number of anilines is 2. The second-order valence-corrected chi connectivity index (χ2v) is 6.78. The molecule has 0 bridgehead atoms. The number of nitrogens with one attached hydrogen (secondary N) is 2. The van der Waals surface area contributed by atoms with Gasteiger partial charge in [-0.25, -0.2) is 0 Å². The lowest BCUT2D eigenvalue weighted by Crippen LogP contribution is -2.51. The summed E-state index contributed by atoms with van der Waals surface area (Å²) in [5, 5.41) is 6.77. The zero-order chi connectivity index (χ0) is 15.8. The standard InChI is InChI=1S/C17H18N4OS/c18-13-6-2-4-8-15(13)23-10-11-9-19-17-20-14-7-3-1-5-12(14)16(22)21(11)17/h1-8,11,17,19-20H,9-10,18H2/t11-,17+/m0/s1. The van der Waals surface area contributed by atoms with Crippen molar-refractivity contribution < 1.29 is 4.79 Å². The summed E-state index contributed by atoms with van der Waals surface area (Å²) in [6.45, 7) is 0.775. The molecule has 2 heterocycles. The number of benzene rings is 2. The van der Waals surface area contributed by atoms with E-state index in [1.54, 1.807) is 11.8 Å². The number of hydrogen-bond acceptors (Lipinski definition) is 5. The number of para-hydroxylation sites is 2. The first-order valence-electron chi connectivity index (χ1n) is 7.63. The van der Waals surface area contributed by atoms with Crippen molar-refractivity contribution in [2.75, 3.05) is 23.3 Å². The molecule has 4 rings (SSSR count). The number of hydrogen-bond donors (Lipinski definition) is 3. The molecule has 0 aromatic heterocycles. The molecule has 2 atom stereocenters. The SMILES string of the molecule is Nc1ccccc1SC[C@@H]1CN[C@@H]2Nc3ccccc3C(=O)N12. The third kappa shape index (κ3) is 2.54. The lowest BCUT2D eigenvalue weighted by molar-refractivity contribution is 0.0684. The van der Waals surface area contributed by atoms with Crippen LogP contribution in [0.15, 0.2) is 53.4 Å². The van der Waals surface area contributed by atoms with Crippen LogP contribution >= 0.6 is 11.8 Å². The van der Waals surface area contributed by atoms with Crippen LogP contribution in [0.3, 0.4) is 0 Å².